The molecule has 1 heterocycles. The van der Waals surface area contributed by atoms with Crippen molar-refractivity contribution in [2.24, 2.45) is 0 Å². The van der Waals surface area contributed by atoms with Gasteiger partial charge >= 0.3 is 0 Å². The topological polar surface area (TPSA) is 94.2 Å². The first-order chi connectivity index (χ1) is 9.30. The summed E-state index contributed by atoms with van der Waals surface area (Å²) in [6.45, 7) is 0.475. The van der Waals surface area contributed by atoms with Crippen LogP contribution in [0.25, 0.3) is 0 Å². The van der Waals surface area contributed by atoms with Crippen LogP contribution in [0.15, 0.2) is 12.1 Å². The summed E-state index contributed by atoms with van der Waals surface area (Å²) < 4.78 is 15.9. The second-order valence-corrected chi connectivity index (χ2v) is 3.58. The molecule has 0 fully saturated rings. The highest BCUT2D eigenvalue weighted by molar-refractivity contribution is 5.56. The Morgan fingerprint density at radius 3 is 2.47 bits per heavy atom. The van der Waals surface area contributed by atoms with Crippen molar-refractivity contribution in [3.05, 3.63) is 17.7 Å². The third-order valence-electron chi connectivity index (χ3n) is 2.57. The molecule has 0 radical (unpaired) electrons. The zero-order valence-corrected chi connectivity index (χ0v) is 10.9. The highest BCUT2D eigenvalue weighted by Crippen LogP contribution is 2.39. The molecule has 0 bridgehead atoms. The number of nitrogens with one attached hydrogen (secondary N) is 2. The number of benzene rings is 1. The van der Waals surface area contributed by atoms with Crippen LogP contribution in [0.4, 0.5) is 5.95 Å². The van der Waals surface area contributed by atoms with Gasteiger partial charge in [-0.2, -0.15) is 5.21 Å². The van der Waals surface area contributed by atoms with Crippen LogP contribution in [0, 0.1) is 0 Å². The Balaban J connectivity index is 2.24. The number of tetrazole rings is 1. The van der Waals surface area contributed by atoms with E-state index in [0.717, 1.165) is 5.56 Å². The van der Waals surface area contributed by atoms with Gasteiger partial charge in [0.05, 0.1) is 21.3 Å². The quantitative estimate of drug-likeness (QED) is 0.799. The first-order valence-electron chi connectivity index (χ1n) is 5.55. The minimum atomic E-state index is 0.414. The van der Waals surface area contributed by atoms with Crippen LogP contribution in [0.1, 0.15) is 5.56 Å². The number of aromatic nitrogens is 4. The Morgan fingerprint density at radius 2 is 1.89 bits per heavy atom. The fourth-order valence-electron chi connectivity index (χ4n) is 1.71. The molecule has 2 rings (SSSR count). The van der Waals surface area contributed by atoms with Gasteiger partial charge in [0.1, 0.15) is 0 Å². The van der Waals surface area contributed by atoms with Gasteiger partial charge in [0.2, 0.25) is 5.75 Å². The Kier molecular flexibility index (Phi) is 4.01. The highest BCUT2D eigenvalue weighted by atomic mass is 16.5. The standard InChI is InChI=1S/C11H15N5O3/c1-17-8-5-4-7(9(18-2)10(8)19-3)6-12-11-13-15-16-14-11/h4-5H,6H2,1-3H3,(H2,12,13,14,15,16). The SMILES string of the molecule is COc1ccc(CNc2nn[nH]n2)c(OC)c1OC. The number of methoxy groups -OCH3 is 3. The zero-order valence-electron chi connectivity index (χ0n) is 10.9. The van der Waals surface area contributed by atoms with Crippen molar-refractivity contribution in [3.8, 4) is 17.2 Å². The summed E-state index contributed by atoms with van der Waals surface area (Å²) in [4.78, 5) is 0. The first kappa shape index (κ1) is 12.9. The van der Waals surface area contributed by atoms with E-state index in [1.807, 2.05) is 12.1 Å². The number of rotatable bonds is 6. The Morgan fingerprint density at radius 1 is 1.11 bits per heavy atom. The lowest BCUT2D eigenvalue weighted by molar-refractivity contribution is 0.322. The smallest absolute Gasteiger partial charge is 0.263 e. The van der Waals surface area contributed by atoms with Gasteiger partial charge in [-0.3, -0.25) is 0 Å². The number of H-pyrrole nitrogens is 1. The molecule has 0 aliphatic heterocycles. The number of hydrogen-bond donors (Lipinski definition) is 2. The summed E-state index contributed by atoms with van der Waals surface area (Å²) in [6.07, 6.45) is 0. The molecule has 0 saturated heterocycles. The van der Waals surface area contributed by atoms with Crippen LogP contribution >= 0.6 is 0 Å². The van der Waals surface area contributed by atoms with Crippen LogP contribution in [0.5, 0.6) is 17.2 Å². The van der Waals surface area contributed by atoms with E-state index < -0.39 is 0 Å². The van der Waals surface area contributed by atoms with Gasteiger partial charge in [-0.1, -0.05) is 5.10 Å². The van der Waals surface area contributed by atoms with Gasteiger partial charge in [0.15, 0.2) is 11.5 Å². The maximum absolute atomic E-state index is 5.37. The molecule has 19 heavy (non-hydrogen) atoms. The average molecular weight is 265 g/mol. The number of nitrogens with zero attached hydrogens (tertiary/aromatic N) is 3. The summed E-state index contributed by atoms with van der Waals surface area (Å²) in [7, 11) is 4.72. The summed E-state index contributed by atoms with van der Waals surface area (Å²) in [5.41, 5.74) is 0.893. The van der Waals surface area contributed by atoms with Gasteiger partial charge < -0.3 is 19.5 Å². The van der Waals surface area contributed by atoms with Gasteiger partial charge in [-0.15, -0.1) is 5.10 Å². The average Bonchev–Trinajstić information content (AvgIpc) is 2.96. The van der Waals surface area contributed by atoms with E-state index in [0.29, 0.717) is 29.7 Å². The van der Waals surface area contributed by atoms with Crippen molar-refractivity contribution in [1.82, 2.24) is 20.6 Å². The minimum absolute atomic E-state index is 0.414. The fourth-order valence-corrected chi connectivity index (χ4v) is 1.71. The van der Waals surface area contributed by atoms with Gasteiger partial charge in [-0.05, 0) is 17.3 Å². The normalized spacial score (nSPS) is 10.1. The van der Waals surface area contributed by atoms with Crippen molar-refractivity contribution in [2.45, 2.75) is 6.54 Å². The van der Waals surface area contributed by atoms with Gasteiger partial charge in [0.25, 0.3) is 5.95 Å². The minimum Gasteiger partial charge on any atom is -0.493 e. The van der Waals surface area contributed by atoms with E-state index in [1.165, 1.54) is 0 Å². The maximum Gasteiger partial charge on any atom is 0.263 e. The zero-order chi connectivity index (χ0) is 13.7. The van der Waals surface area contributed by atoms with Crippen molar-refractivity contribution < 1.29 is 14.2 Å². The molecule has 0 aliphatic carbocycles. The number of hydrogen-bond acceptors (Lipinski definition) is 7. The molecule has 0 atom stereocenters. The molecule has 1 aromatic heterocycles. The second-order valence-electron chi connectivity index (χ2n) is 3.58. The lowest BCUT2D eigenvalue weighted by atomic mass is 10.1. The largest absolute Gasteiger partial charge is 0.493 e. The van der Waals surface area contributed by atoms with E-state index in [2.05, 4.69) is 25.9 Å². The first-order valence-corrected chi connectivity index (χ1v) is 5.55. The molecule has 0 spiro atoms. The van der Waals surface area contributed by atoms with E-state index >= 15 is 0 Å². The second kappa shape index (κ2) is 5.89. The molecule has 2 N–H and O–H groups in total. The van der Waals surface area contributed by atoms with E-state index in [-0.39, 0.29) is 0 Å². The number of anilines is 1. The molecule has 0 unspecified atom stereocenters. The van der Waals surface area contributed by atoms with Crippen molar-refractivity contribution in [1.29, 1.82) is 0 Å². The summed E-state index contributed by atoms with van der Waals surface area (Å²) in [5, 5.41) is 16.5. The Bertz CT molecular complexity index is 529. The third kappa shape index (κ3) is 2.67. The van der Waals surface area contributed by atoms with Crippen LogP contribution < -0.4 is 19.5 Å². The van der Waals surface area contributed by atoms with Crippen molar-refractivity contribution in [2.75, 3.05) is 26.6 Å². The van der Waals surface area contributed by atoms with E-state index in [9.17, 15) is 0 Å². The highest BCUT2D eigenvalue weighted by Gasteiger charge is 2.15. The summed E-state index contributed by atoms with van der Waals surface area (Å²) in [5.74, 6) is 2.19. The molecule has 0 amide bonds. The van der Waals surface area contributed by atoms with Crippen molar-refractivity contribution in [3.63, 3.8) is 0 Å². The molecule has 102 valence electrons. The Hall–Kier alpha value is -2.51. The lowest BCUT2D eigenvalue weighted by Gasteiger charge is -2.15. The van der Waals surface area contributed by atoms with Crippen molar-refractivity contribution >= 4 is 5.95 Å². The molecular formula is C11H15N5O3. The predicted octanol–water partition coefficient (Wildman–Crippen LogP) is 0.838. The monoisotopic (exact) mass is 265 g/mol. The van der Waals surface area contributed by atoms with Gasteiger partial charge in [0, 0.05) is 12.1 Å². The number of ether oxygens (including phenoxy) is 3. The third-order valence-corrected chi connectivity index (χ3v) is 2.57. The fraction of sp³-hybridized carbons (Fsp3) is 0.364. The number of aromatic amines is 1. The molecular weight excluding hydrogens is 250 g/mol. The van der Waals surface area contributed by atoms with Crippen LogP contribution in [0.2, 0.25) is 0 Å². The maximum atomic E-state index is 5.37. The molecule has 8 nitrogen and oxygen atoms in total. The van der Waals surface area contributed by atoms with Gasteiger partial charge in [-0.25, -0.2) is 0 Å². The Labute approximate surface area is 110 Å². The molecule has 8 heteroatoms. The predicted molar refractivity (Wildman–Crippen MR) is 67.6 cm³/mol. The molecule has 2 aromatic rings. The summed E-state index contributed by atoms with van der Waals surface area (Å²) in [6, 6.07) is 3.70. The van der Waals surface area contributed by atoms with E-state index in [1.54, 1.807) is 21.3 Å². The summed E-state index contributed by atoms with van der Waals surface area (Å²) >= 11 is 0. The molecule has 1 aromatic carbocycles. The van der Waals surface area contributed by atoms with Crippen LogP contribution in [-0.4, -0.2) is 42.0 Å². The molecule has 0 saturated carbocycles. The van der Waals surface area contributed by atoms with Crippen LogP contribution in [-0.2, 0) is 6.54 Å². The lowest BCUT2D eigenvalue weighted by Crippen LogP contribution is -2.05. The van der Waals surface area contributed by atoms with E-state index in [4.69, 9.17) is 14.2 Å². The van der Waals surface area contributed by atoms with Crippen LogP contribution in [0.3, 0.4) is 0 Å². The molecule has 0 aliphatic rings.